The second-order valence-corrected chi connectivity index (χ2v) is 4.26. The van der Waals surface area contributed by atoms with Crippen molar-refractivity contribution in [2.45, 2.75) is 45.1 Å². The molecule has 0 saturated heterocycles. The molecule has 0 heterocycles. The number of benzene rings is 1. The molecular formula is C13H19NO3. The summed E-state index contributed by atoms with van der Waals surface area (Å²) in [5.41, 5.74) is 1.21. The van der Waals surface area contributed by atoms with Crippen LogP contribution in [0.25, 0.3) is 0 Å². The molecule has 1 N–H and O–H groups in total. The van der Waals surface area contributed by atoms with E-state index >= 15 is 0 Å². The highest BCUT2D eigenvalue weighted by atomic mass is 16.6. The number of aliphatic hydroxyl groups is 1. The van der Waals surface area contributed by atoms with Crippen LogP contribution in [0.5, 0.6) is 0 Å². The van der Waals surface area contributed by atoms with Crippen LogP contribution >= 0.6 is 0 Å². The highest BCUT2D eigenvalue weighted by molar-refractivity contribution is 5.32. The van der Waals surface area contributed by atoms with Gasteiger partial charge in [-0.05, 0) is 31.2 Å². The zero-order chi connectivity index (χ0) is 12.7. The molecule has 4 nitrogen and oxygen atoms in total. The first-order chi connectivity index (χ1) is 8.13. The molecule has 94 valence electrons. The zero-order valence-corrected chi connectivity index (χ0v) is 10.1. The summed E-state index contributed by atoms with van der Waals surface area (Å²) in [6.45, 7) is 2.06. The maximum Gasteiger partial charge on any atom is 0.269 e. The molecule has 1 rings (SSSR count). The van der Waals surface area contributed by atoms with Crippen molar-refractivity contribution in [3.63, 3.8) is 0 Å². The van der Waals surface area contributed by atoms with Gasteiger partial charge in [0, 0.05) is 12.1 Å². The second kappa shape index (κ2) is 7.01. The van der Waals surface area contributed by atoms with E-state index in [0.29, 0.717) is 0 Å². The first-order valence-corrected chi connectivity index (χ1v) is 6.05. The Kier molecular flexibility index (Phi) is 5.63. The topological polar surface area (TPSA) is 63.4 Å². The van der Waals surface area contributed by atoms with E-state index in [2.05, 4.69) is 6.92 Å². The van der Waals surface area contributed by atoms with Gasteiger partial charge >= 0.3 is 0 Å². The second-order valence-electron chi connectivity index (χ2n) is 4.26. The predicted molar refractivity (Wildman–Crippen MR) is 66.9 cm³/mol. The molecule has 0 aliphatic carbocycles. The van der Waals surface area contributed by atoms with Gasteiger partial charge in [0.2, 0.25) is 0 Å². The van der Waals surface area contributed by atoms with E-state index in [1.54, 1.807) is 12.1 Å². The Hall–Kier alpha value is -1.42. The van der Waals surface area contributed by atoms with Crippen LogP contribution in [-0.2, 0) is 6.42 Å². The monoisotopic (exact) mass is 237 g/mol. The summed E-state index contributed by atoms with van der Waals surface area (Å²) in [4.78, 5) is 10.1. The van der Waals surface area contributed by atoms with Crippen LogP contribution in [0.3, 0.4) is 0 Å². The van der Waals surface area contributed by atoms with Gasteiger partial charge in [0.1, 0.15) is 0 Å². The number of hydrogen-bond acceptors (Lipinski definition) is 3. The third-order valence-corrected chi connectivity index (χ3v) is 2.77. The van der Waals surface area contributed by atoms with Gasteiger partial charge in [-0.3, -0.25) is 10.1 Å². The molecule has 0 saturated carbocycles. The van der Waals surface area contributed by atoms with Crippen LogP contribution in [-0.4, -0.2) is 16.1 Å². The fraction of sp³-hybridized carbons (Fsp3) is 0.538. The number of nitro benzene ring substituents is 1. The summed E-state index contributed by atoms with van der Waals surface area (Å²) in [5, 5.41) is 20.0. The van der Waals surface area contributed by atoms with Crippen molar-refractivity contribution < 1.29 is 10.0 Å². The number of aryl methyl sites for hydroxylation is 1. The molecular weight excluding hydrogens is 218 g/mol. The Morgan fingerprint density at radius 2 is 1.94 bits per heavy atom. The maximum absolute atomic E-state index is 10.5. The third kappa shape index (κ3) is 4.95. The lowest BCUT2D eigenvalue weighted by atomic mass is 10.0. The molecule has 1 atom stereocenters. The smallest absolute Gasteiger partial charge is 0.269 e. The van der Waals surface area contributed by atoms with Crippen molar-refractivity contribution in [3.8, 4) is 0 Å². The molecule has 0 spiro atoms. The summed E-state index contributed by atoms with van der Waals surface area (Å²) >= 11 is 0. The number of rotatable bonds is 7. The van der Waals surface area contributed by atoms with Gasteiger partial charge in [-0.2, -0.15) is 0 Å². The van der Waals surface area contributed by atoms with Crippen molar-refractivity contribution >= 4 is 5.69 Å². The maximum atomic E-state index is 10.5. The number of non-ortho nitro benzene ring substituents is 1. The van der Waals surface area contributed by atoms with E-state index in [4.69, 9.17) is 0 Å². The van der Waals surface area contributed by atoms with Crippen LogP contribution in [0.2, 0.25) is 0 Å². The SMILES string of the molecule is CCCC(O)CCCc1ccc([N+](=O)[O-])cc1. The van der Waals surface area contributed by atoms with E-state index in [-0.39, 0.29) is 11.8 Å². The summed E-state index contributed by atoms with van der Waals surface area (Å²) < 4.78 is 0. The van der Waals surface area contributed by atoms with E-state index in [0.717, 1.165) is 37.7 Å². The lowest BCUT2D eigenvalue weighted by molar-refractivity contribution is -0.384. The van der Waals surface area contributed by atoms with Crippen LogP contribution < -0.4 is 0 Å². The zero-order valence-electron chi connectivity index (χ0n) is 10.1. The van der Waals surface area contributed by atoms with Crippen molar-refractivity contribution in [1.29, 1.82) is 0 Å². The molecule has 0 amide bonds. The minimum Gasteiger partial charge on any atom is -0.393 e. The first-order valence-electron chi connectivity index (χ1n) is 6.05. The standard InChI is InChI=1S/C13H19NO3/c1-2-4-13(15)6-3-5-11-7-9-12(10-8-11)14(16)17/h7-10,13,15H,2-6H2,1H3. The molecule has 0 aromatic heterocycles. The average Bonchev–Trinajstić information content (AvgIpc) is 2.30. The number of hydrogen-bond donors (Lipinski definition) is 1. The largest absolute Gasteiger partial charge is 0.393 e. The van der Waals surface area contributed by atoms with Crippen LogP contribution in [0, 0.1) is 10.1 Å². The molecule has 0 radical (unpaired) electrons. The minimum atomic E-state index is -0.394. The Morgan fingerprint density at radius 3 is 2.47 bits per heavy atom. The van der Waals surface area contributed by atoms with Gasteiger partial charge in [0.05, 0.1) is 11.0 Å². The molecule has 1 unspecified atom stereocenters. The van der Waals surface area contributed by atoms with Gasteiger partial charge in [0.25, 0.3) is 5.69 Å². The van der Waals surface area contributed by atoms with Gasteiger partial charge in [-0.25, -0.2) is 0 Å². The van der Waals surface area contributed by atoms with Gasteiger partial charge in [-0.1, -0.05) is 25.5 Å². The third-order valence-electron chi connectivity index (χ3n) is 2.77. The molecule has 0 aliphatic heterocycles. The van der Waals surface area contributed by atoms with Crippen molar-refractivity contribution in [2.24, 2.45) is 0 Å². The van der Waals surface area contributed by atoms with Crippen molar-refractivity contribution in [3.05, 3.63) is 39.9 Å². The molecule has 0 aliphatic rings. The van der Waals surface area contributed by atoms with Crippen molar-refractivity contribution in [2.75, 3.05) is 0 Å². The fourth-order valence-corrected chi connectivity index (χ4v) is 1.80. The van der Waals surface area contributed by atoms with E-state index in [1.165, 1.54) is 12.1 Å². The van der Waals surface area contributed by atoms with Crippen LogP contribution in [0.15, 0.2) is 24.3 Å². The van der Waals surface area contributed by atoms with Crippen LogP contribution in [0.1, 0.15) is 38.2 Å². The Balaban J connectivity index is 2.34. The van der Waals surface area contributed by atoms with Gasteiger partial charge in [-0.15, -0.1) is 0 Å². The highest BCUT2D eigenvalue weighted by Crippen LogP contribution is 2.14. The lowest BCUT2D eigenvalue weighted by Crippen LogP contribution is -2.05. The Morgan fingerprint density at radius 1 is 1.29 bits per heavy atom. The molecule has 1 aromatic carbocycles. The molecule has 0 fully saturated rings. The van der Waals surface area contributed by atoms with E-state index in [1.807, 2.05) is 0 Å². The molecule has 17 heavy (non-hydrogen) atoms. The summed E-state index contributed by atoms with van der Waals surface area (Å²) in [6, 6.07) is 6.62. The molecule has 0 bridgehead atoms. The summed E-state index contributed by atoms with van der Waals surface area (Å²) in [6.07, 6.45) is 4.21. The average molecular weight is 237 g/mol. The molecule has 1 aromatic rings. The fourth-order valence-electron chi connectivity index (χ4n) is 1.80. The first kappa shape index (κ1) is 13.6. The minimum absolute atomic E-state index is 0.125. The van der Waals surface area contributed by atoms with Gasteiger partial charge in [0.15, 0.2) is 0 Å². The summed E-state index contributed by atoms with van der Waals surface area (Å²) in [5.74, 6) is 0. The van der Waals surface area contributed by atoms with E-state index in [9.17, 15) is 15.2 Å². The number of nitro groups is 1. The molecule has 4 heteroatoms. The highest BCUT2D eigenvalue weighted by Gasteiger charge is 2.05. The van der Waals surface area contributed by atoms with Crippen LogP contribution in [0.4, 0.5) is 5.69 Å². The van der Waals surface area contributed by atoms with Gasteiger partial charge < -0.3 is 5.11 Å². The van der Waals surface area contributed by atoms with Crippen molar-refractivity contribution in [1.82, 2.24) is 0 Å². The number of aliphatic hydroxyl groups excluding tert-OH is 1. The normalized spacial score (nSPS) is 12.4. The Labute approximate surface area is 101 Å². The quantitative estimate of drug-likeness (QED) is 0.585. The Bertz CT molecular complexity index is 348. The van der Waals surface area contributed by atoms with E-state index < -0.39 is 4.92 Å². The number of nitrogens with zero attached hydrogens (tertiary/aromatic N) is 1. The predicted octanol–water partition coefficient (Wildman–Crippen LogP) is 3.08. The summed E-state index contributed by atoms with van der Waals surface area (Å²) in [7, 11) is 0. The lowest BCUT2D eigenvalue weighted by Gasteiger charge is -2.08.